The first-order valence-electron chi connectivity index (χ1n) is 9.70. The van der Waals surface area contributed by atoms with Crippen molar-refractivity contribution < 1.29 is 9.84 Å². The van der Waals surface area contributed by atoms with Crippen LogP contribution in [0.15, 0.2) is 65.5 Å². The monoisotopic (exact) mass is 421 g/mol. The highest BCUT2D eigenvalue weighted by molar-refractivity contribution is 7.22. The lowest BCUT2D eigenvalue weighted by atomic mass is 10.2. The number of hydrogen-bond acceptors (Lipinski definition) is 6. The molecular weight excluding hydrogens is 398 g/mol. The molecule has 4 aromatic rings. The zero-order valence-electron chi connectivity index (χ0n) is 16.7. The molecule has 154 valence electrons. The molecule has 0 aliphatic rings. The first-order valence-corrected chi connectivity index (χ1v) is 10.5. The summed E-state index contributed by atoms with van der Waals surface area (Å²) in [6.07, 6.45) is 0. The molecule has 2 N–H and O–H groups in total. The SMILES string of the molecule is COc1ccc(-c2cc3nc(CN(CCO)Cc4ccccc4)[nH]c(=O)c3s2)cc1. The van der Waals surface area contributed by atoms with Crippen LogP contribution in [0.4, 0.5) is 0 Å². The van der Waals surface area contributed by atoms with E-state index in [1.165, 1.54) is 11.3 Å². The Morgan fingerprint density at radius 2 is 1.87 bits per heavy atom. The maximum atomic E-state index is 12.7. The van der Waals surface area contributed by atoms with Gasteiger partial charge in [0.05, 0.1) is 25.8 Å². The van der Waals surface area contributed by atoms with E-state index in [1.807, 2.05) is 60.7 Å². The van der Waals surface area contributed by atoms with Crippen molar-refractivity contribution in [3.8, 4) is 16.2 Å². The Morgan fingerprint density at radius 3 is 2.57 bits per heavy atom. The number of nitrogens with one attached hydrogen (secondary N) is 1. The summed E-state index contributed by atoms with van der Waals surface area (Å²) >= 11 is 1.43. The fourth-order valence-corrected chi connectivity index (χ4v) is 4.37. The summed E-state index contributed by atoms with van der Waals surface area (Å²) in [4.78, 5) is 23.3. The minimum absolute atomic E-state index is 0.0411. The van der Waals surface area contributed by atoms with Crippen LogP contribution in [-0.2, 0) is 13.1 Å². The maximum absolute atomic E-state index is 12.7. The largest absolute Gasteiger partial charge is 0.497 e. The van der Waals surface area contributed by atoms with Crippen LogP contribution in [-0.4, -0.2) is 40.2 Å². The molecule has 0 spiro atoms. The van der Waals surface area contributed by atoms with Gasteiger partial charge in [-0.15, -0.1) is 11.3 Å². The third-order valence-electron chi connectivity index (χ3n) is 4.85. The molecule has 0 aliphatic heterocycles. The van der Waals surface area contributed by atoms with Gasteiger partial charge >= 0.3 is 0 Å². The van der Waals surface area contributed by atoms with E-state index in [-0.39, 0.29) is 12.2 Å². The molecule has 7 heteroatoms. The van der Waals surface area contributed by atoms with Crippen LogP contribution in [0.3, 0.4) is 0 Å². The Morgan fingerprint density at radius 1 is 1.10 bits per heavy atom. The van der Waals surface area contributed by atoms with Crippen LogP contribution in [0.25, 0.3) is 20.7 Å². The van der Waals surface area contributed by atoms with Crippen molar-refractivity contribution in [2.45, 2.75) is 13.1 Å². The average molecular weight is 422 g/mol. The third kappa shape index (κ3) is 4.59. The van der Waals surface area contributed by atoms with Crippen LogP contribution < -0.4 is 10.3 Å². The van der Waals surface area contributed by atoms with Crippen molar-refractivity contribution in [1.29, 1.82) is 0 Å². The fraction of sp³-hybridized carbons (Fsp3) is 0.217. The lowest BCUT2D eigenvalue weighted by molar-refractivity contribution is 0.181. The van der Waals surface area contributed by atoms with E-state index >= 15 is 0 Å². The van der Waals surface area contributed by atoms with Gasteiger partial charge in [-0.1, -0.05) is 30.3 Å². The molecule has 0 saturated heterocycles. The number of H-pyrrole nitrogens is 1. The lowest BCUT2D eigenvalue weighted by Crippen LogP contribution is -2.28. The molecule has 30 heavy (non-hydrogen) atoms. The number of aromatic nitrogens is 2. The third-order valence-corrected chi connectivity index (χ3v) is 6.02. The molecular formula is C23H23N3O3S. The number of benzene rings is 2. The van der Waals surface area contributed by atoms with E-state index in [0.717, 1.165) is 21.8 Å². The summed E-state index contributed by atoms with van der Waals surface area (Å²) in [6.45, 7) is 1.66. The molecule has 0 aliphatic carbocycles. The Kier molecular flexibility index (Phi) is 6.23. The van der Waals surface area contributed by atoms with Crippen molar-refractivity contribution in [2.24, 2.45) is 0 Å². The van der Waals surface area contributed by atoms with Crippen LogP contribution in [0.5, 0.6) is 5.75 Å². The normalized spacial score (nSPS) is 11.3. The van der Waals surface area contributed by atoms with Crippen molar-refractivity contribution in [3.05, 3.63) is 82.4 Å². The lowest BCUT2D eigenvalue weighted by Gasteiger charge is -2.20. The number of fused-ring (bicyclic) bond motifs is 1. The molecule has 0 saturated carbocycles. The molecule has 0 bridgehead atoms. The Balaban J connectivity index is 1.60. The number of methoxy groups -OCH3 is 1. The zero-order chi connectivity index (χ0) is 20.9. The van der Waals surface area contributed by atoms with E-state index in [2.05, 4.69) is 14.9 Å². The van der Waals surface area contributed by atoms with Crippen molar-refractivity contribution >= 4 is 21.6 Å². The molecule has 6 nitrogen and oxygen atoms in total. The van der Waals surface area contributed by atoms with Gasteiger partial charge in [0.15, 0.2) is 0 Å². The molecule has 4 rings (SSSR count). The Bertz CT molecular complexity index is 1170. The summed E-state index contributed by atoms with van der Waals surface area (Å²) in [5, 5.41) is 9.44. The van der Waals surface area contributed by atoms with Gasteiger partial charge in [-0.05, 0) is 41.5 Å². The van der Waals surface area contributed by atoms with Gasteiger partial charge in [0.1, 0.15) is 16.3 Å². The number of thiophene rings is 1. The Labute approximate surface area is 178 Å². The molecule has 0 radical (unpaired) electrons. The van der Waals surface area contributed by atoms with Crippen LogP contribution >= 0.6 is 11.3 Å². The van der Waals surface area contributed by atoms with Gasteiger partial charge in [0.2, 0.25) is 0 Å². The van der Waals surface area contributed by atoms with Crippen LogP contribution in [0.2, 0.25) is 0 Å². The predicted molar refractivity (Wildman–Crippen MR) is 120 cm³/mol. The van der Waals surface area contributed by atoms with E-state index in [9.17, 15) is 9.90 Å². The van der Waals surface area contributed by atoms with Gasteiger partial charge < -0.3 is 14.8 Å². The summed E-state index contributed by atoms with van der Waals surface area (Å²) in [7, 11) is 1.64. The number of aliphatic hydroxyl groups is 1. The fourth-order valence-electron chi connectivity index (χ4n) is 3.37. The molecule has 0 unspecified atom stereocenters. The second kappa shape index (κ2) is 9.21. The highest BCUT2D eigenvalue weighted by atomic mass is 32.1. The highest BCUT2D eigenvalue weighted by Gasteiger charge is 2.13. The Hall–Kier alpha value is -3.00. The number of aromatic amines is 1. The summed E-state index contributed by atoms with van der Waals surface area (Å²) < 4.78 is 5.82. The van der Waals surface area contributed by atoms with Crippen LogP contribution in [0, 0.1) is 0 Å². The standard InChI is InChI=1S/C23H23N3O3S/c1-29-18-9-7-17(8-10-18)20-13-19-22(30-20)23(28)25-21(24-19)15-26(11-12-27)14-16-5-3-2-4-6-16/h2-10,13,27H,11-12,14-15H2,1H3,(H,24,25,28). The second-order valence-electron chi connectivity index (χ2n) is 6.99. The first kappa shape index (κ1) is 20.3. The quantitative estimate of drug-likeness (QED) is 0.454. The van der Waals surface area contributed by atoms with Crippen molar-refractivity contribution in [3.63, 3.8) is 0 Å². The molecule has 0 fully saturated rings. The van der Waals surface area contributed by atoms with E-state index in [0.29, 0.717) is 35.7 Å². The molecule has 2 heterocycles. The van der Waals surface area contributed by atoms with Gasteiger partial charge in [0, 0.05) is 18.0 Å². The number of nitrogens with zero attached hydrogens (tertiary/aromatic N) is 2. The first-order chi connectivity index (χ1) is 14.7. The van der Waals surface area contributed by atoms with E-state index in [1.54, 1.807) is 7.11 Å². The van der Waals surface area contributed by atoms with Gasteiger partial charge in [-0.3, -0.25) is 9.69 Å². The number of ether oxygens (including phenoxy) is 1. The molecule has 0 atom stereocenters. The summed E-state index contributed by atoms with van der Waals surface area (Å²) in [5.74, 6) is 1.39. The highest BCUT2D eigenvalue weighted by Crippen LogP contribution is 2.31. The number of aliphatic hydroxyl groups excluding tert-OH is 1. The van der Waals surface area contributed by atoms with Gasteiger partial charge in [-0.2, -0.15) is 0 Å². The van der Waals surface area contributed by atoms with Gasteiger partial charge in [0.25, 0.3) is 5.56 Å². The smallest absolute Gasteiger partial charge is 0.268 e. The predicted octanol–water partition coefficient (Wildman–Crippen LogP) is 3.65. The molecule has 0 amide bonds. The van der Waals surface area contributed by atoms with Crippen molar-refractivity contribution in [2.75, 3.05) is 20.3 Å². The molecule has 2 aromatic heterocycles. The maximum Gasteiger partial charge on any atom is 0.268 e. The minimum Gasteiger partial charge on any atom is -0.497 e. The van der Waals surface area contributed by atoms with Crippen LogP contribution in [0.1, 0.15) is 11.4 Å². The molecule has 2 aromatic carbocycles. The number of rotatable bonds is 8. The topological polar surface area (TPSA) is 78.5 Å². The zero-order valence-corrected chi connectivity index (χ0v) is 17.5. The number of hydrogen-bond donors (Lipinski definition) is 2. The van der Waals surface area contributed by atoms with E-state index < -0.39 is 0 Å². The average Bonchev–Trinajstić information content (AvgIpc) is 3.19. The van der Waals surface area contributed by atoms with Crippen molar-refractivity contribution in [1.82, 2.24) is 14.9 Å². The summed E-state index contributed by atoms with van der Waals surface area (Å²) in [5.41, 5.74) is 2.72. The second-order valence-corrected chi connectivity index (χ2v) is 8.04. The van der Waals surface area contributed by atoms with E-state index in [4.69, 9.17) is 4.74 Å². The van der Waals surface area contributed by atoms with Gasteiger partial charge in [-0.25, -0.2) is 4.98 Å². The summed E-state index contributed by atoms with van der Waals surface area (Å²) in [6, 6.07) is 19.8. The minimum atomic E-state index is -0.136.